The summed E-state index contributed by atoms with van der Waals surface area (Å²) in [6.45, 7) is 6.25. The summed E-state index contributed by atoms with van der Waals surface area (Å²) in [6.07, 6.45) is 3.56. The molecule has 0 amide bonds. The van der Waals surface area contributed by atoms with Crippen molar-refractivity contribution < 1.29 is 8.95 Å². The highest BCUT2D eigenvalue weighted by Crippen LogP contribution is 2.20. The molecule has 1 aliphatic heterocycles. The van der Waals surface area contributed by atoms with Gasteiger partial charge in [-0.15, -0.1) is 0 Å². The average Bonchev–Trinajstić information content (AvgIpc) is 2.21. The van der Waals surface area contributed by atoms with E-state index in [1.807, 2.05) is 0 Å². The fraction of sp³-hybridized carbons (Fsp3) is 1.00. The topological polar surface area (TPSA) is 30.5 Å². The lowest BCUT2D eigenvalue weighted by atomic mass is 10.0. The van der Waals surface area contributed by atoms with Crippen LogP contribution in [0.15, 0.2) is 0 Å². The van der Waals surface area contributed by atoms with E-state index in [1.54, 1.807) is 0 Å². The van der Waals surface area contributed by atoms with Crippen LogP contribution >= 0.6 is 22.6 Å². The fourth-order valence-electron chi connectivity index (χ4n) is 1.74. The molecule has 1 fully saturated rings. The molecule has 0 saturated carbocycles. The van der Waals surface area contributed by atoms with Gasteiger partial charge in [0.05, 0.1) is 0 Å². The molecule has 0 radical (unpaired) electrons. The Bertz CT molecular complexity index is 173. The summed E-state index contributed by atoms with van der Waals surface area (Å²) in [5.74, 6) is 0.702. The monoisotopic (exact) mass is 343 g/mol. The van der Waals surface area contributed by atoms with Crippen LogP contribution in [-0.2, 0) is 8.95 Å². The van der Waals surface area contributed by atoms with Crippen molar-refractivity contribution in [1.29, 1.82) is 0 Å². The summed E-state index contributed by atoms with van der Waals surface area (Å²) >= 11 is 2.41. The van der Waals surface area contributed by atoms with Crippen molar-refractivity contribution in [2.45, 2.75) is 38.8 Å². The number of hydrogen-bond donors (Lipinski definition) is 1. The van der Waals surface area contributed by atoms with Crippen LogP contribution in [0.3, 0.4) is 0 Å². The highest BCUT2D eigenvalue weighted by molar-refractivity contribution is 14.1. The summed E-state index contributed by atoms with van der Waals surface area (Å²) in [7, 11) is -1.90. The standard InChI is InChI=1S/C10H22INO2Si/c1-3-10-5-7-13-15(2,8-4-6-11)14-12-9-10/h10,12H,3-9H2,1-2H3. The van der Waals surface area contributed by atoms with Gasteiger partial charge < -0.3 is 8.95 Å². The van der Waals surface area contributed by atoms with Gasteiger partial charge in [-0.25, -0.2) is 5.48 Å². The molecule has 1 saturated heterocycles. The molecule has 90 valence electrons. The fourth-order valence-corrected chi connectivity index (χ4v) is 4.91. The lowest BCUT2D eigenvalue weighted by molar-refractivity contribution is 0.0691. The van der Waals surface area contributed by atoms with Gasteiger partial charge in [-0.3, -0.25) is 0 Å². The second kappa shape index (κ2) is 7.21. The smallest absolute Gasteiger partial charge is 0.355 e. The Labute approximate surface area is 108 Å². The second-order valence-electron chi connectivity index (χ2n) is 4.29. The zero-order chi connectivity index (χ0) is 11.1. The van der Waals surface area contributed by atoms with Crippen molar-refractivity contribution >= 4 is 31.2 Å². The van der Waals surface area contributed by atoms with Gasteiger partial charge in [0.15, 0.2) is 0 Å². The van der Waals surface area contributed by atoms with Crippen LogP contribution in [0.4, 0.5) is 0 Å². The molecule has 5 heteroatoms. The minimum atomic E-state index is -1.90. The highest BCUT2D eigenvalue weighted by Gasteiger charge is 2.33. The Balaban J connectivity index is 2.36. The van der Waals surface area contributed by atoms with Gasteiger partial charge in [-0.1, -0.05) is 35.9 Å². The predicted octanol–water partition coefficient (Wildman–Crippen LogP) is 2.85. The van der Waals surface area contributed by atoms with E-state index in [4.69, 9.17) is 8.95 Å². The average molecular weight is 343 g/mol. The van der Waals surface area contributed by atoms with Gasteiger partial charge in [-0.2, -0.15) is 0 Å². The van der Waals surface area contributed by atoms with Gasteiger partial charge in [0.1, 0.15) is 0 Å². The Morgan fingerprint density at radius 2 is 2.33 bits per heavy atom. The molecule has 2 unspecified atom stereocenters. The minimum absolute atomic E-state index is 0.702. The molecule has 1 rings (SSSR count). The van der Waals surface area contributed by atoms with Crippen molar-refractivity contribution in [3.05, 3.63) is 0 Å². The first-order valence-electron chi connectivity index (χ1n) is 5.81. The molecule has 0 spiro atoms. The Hall–Kier alpha value is 0.827. The van der Waals surface area contributed by atoms with Crippen molar-refractivity contribution in [1.82, 2.24) is 5.48 Å². The third-order valence-corrected chi connectivity index (χ3v) is 6.35. The van der Waals surface area contributed by atoms with E-state index < -0.39 is 8.56 Å². The van der Waals surface area contributed by atoms with Gasteiger partial charge in [-0.05, 0) is 35.8 Å². The zero-order valence-electron chi connectivity index (χ0n) is 9.72. The van der Waals surface area contributed by atoms with Crippen molar-refractivity contribution in [3.63, 3.8) is 0 Å². The quantitative estimate of drug-likeness (QED) is 0.484. The maximum Gasteiger partial charge on any atom is 0.355 e. The lowest BCUT2D eigenvalue weighted by Gasteiger charge is -2.31. The second-order valence-corrected chi connectivity index (χ2v) is 8.63. The molecule has 0 aliphatic carbocycles. The van der Waals surface area contributed by atoms with E-state index in [9.17, 15) is 0 Å². The number of hydrogen-bond acceptors (Lipinski definition) is 3. The van der Waals surface area contributed by atoms with E-state index >= 15 is 0 Å². The molecule has 1 heterocycles. The van der Waals surface area contributed by atoms with E-state index in [-0.39, 0.29) is 0 Å². The summed E-state index contributed by atoms with van der Waals surface area (Å²) in [4.78, 5) is 0. The van der Waals surface area contributed by atoms with Crippen LogP contribution in [0, 0.1) is 5.92 Å². The summed E-state index contributed by atoms with van der Waals surface area (Å²) in [6, 6.07) is 1.10. The van der Waals surface area contributed by atoms with E-state index in [0.717, 1.165) is 19.2 Å². The summed E-state index contributed by atoms with van der Waals surface area (Å²) in [5, 5.41) is 0. The van der Waals surface area contributed by atoms with Crippen LogP contribution in [0.5, 0.6) is 0 Å². The van der Waals surface area contributed by atoms with Crippen molar-refractivity contribution in [3.8, 4) is 0 Å². The summed E-state index contributed by atoms with van der Waals surface area (Å²) in [5.41, 5.74) is 3.12. The molecular formula is C10H22INO2Si. The summed E-state index contributed by atoms with van der Waals surface area (Å²) < 4.78 is 12.9. The largest absolute Gasteiger partial charge is 0.394 e. The van der Waals surface area contributed by atoms with Gasteiger partial charge >= 0.3 is 8.56 Å². The lowest BCUT2D eigenvalue weighted by Crippen LogP contribution is -2.47. The zero-order valence-corrected chi connectivity index (χ0v) is 12.9. The maximum absolute atomic E-state index is 5.96. The highest BCUT2D eigenvalue weighted by atomic mass is 127. The third kappa shape index (κ3) is 5.12. The molecule has 2 atom stereocenters. The maximum atomic E-state index is 5.96. The molecule has 0 aromatic heterocycles. The molecule has 1 N–H and O–H groups in total. The van der Waals surface area contributed by atoms with Crippen LogP contribution < -0.4 is 5.48 Å². The first-order valence-corrected chi connectivity index (χ1v) is 9.86. The molecule has 0 aromatic carbocycles. The molecule has 15 heavy (non-hydrogen) atoms. The van der Waals surface area contributed by atoms with Crippen molar-refractivity contribution in [2.75, 3.05) is 17.6 Å². The molecule has 3 nitrogen and oxygen atoms in total. The normalized spacial score (nSPS) is 33.4. The Kier molecular flexibility index (Phi) is 6.68. The van der Waals surface area contributed by atoms with Gasteiger partial charge in [0, 0.05) is 13.2 Å². The van der Waals surface area contributed by atoms with Gasteiger partial charge in [0.2, 0.25) is 0 Å². The van der Waals surface area contributed by atoms with Crippen LogP contribution in [0.25, 0.3) is 0 Å². The SMILES string of the molecule is CCC1CCO[Si](C)(CCCI)ONC1. The van der Waals surface area contributed by atoms with E-state index in [0.29, 0.717) is 5.92 Å². The number of nitrogens with one attached hydrogen (secondary N) is 1. The molecule has 0 bridgehead atoms. The molecule has 1 aliphatic rings. The van der Waals surface area contributed by atoms with Crippen molar-refractivity contribution in [2.24, 2.45) is 5.92 Å². The van der Waals surface area contributed by atoms with E-state index in [1.165, 1.54) is 23.7 Å². The number of alkyl halides is 1. The third-order valence-electron chi connectivity index (χ3n) is 2.94. The number of rotatable bonds is 4. The minimum Gasteiger partial charge on any atom is -0.394 e. The van der Waals surface area contributed by atoms with E-state index in [2.05, 4.69) is 41.5 Å². The van der Waals surface area contributed by atoms with Crippen LogP contribution in [0.2, 0.25) is 12.6 Å². The van der Waals surface area contributed by atoms with Gasteiger partial charge in [0.25, 0.3) is 0 Å². The predicted molar refractivity (Wildman–Crippen MR) is 73.4 cm³/mol. The molecule has 0 aromatic rings. The first-order chi connectivity index (χ1) is 7.20. The Morgan fingerprint density at radius 3 is 3.00 bits per heavy atom. The van der Waals surface area contributed by atoms with Crippen LogP contribution in [0.1, 0.15) is 26.2 Å². The Morgan fingerprint density at radius 1 is 1.53 bits per heavy atom. The molecular weight excluding hydrogens is 321 g/mol. The number of halogens is 1. The first kappa shape index (κ1) is 13.9. The number of hydroxylamine groups is 1. The van der Waals surface area contributed by atoms with Crippen LogP contribution in [-0.4, -0.2) is 26.1 Å².